The summed E-state index contributed by atoms with van der Waals surface area (Å²) in [4.78, 5) is 16.6. The minimum atomic E-state index is -3.74. The molecule has 26 heavy (non-hydrogen) atoms. The number of carbonyl (C=O) groups is 1. The van der Waals surface area contributed by atoms with Gasteiger partial charge in [0.05, 0.1) is 13.2 Å². The first-order chi connectivity index (χ1) is 12.4. The van der Waals surface area contributed by atoms with E-state index in [9.17, 15) is 13.2 Å². The second-order valence-electron chi connectivity index (χ2n) is 6.24. The van der Waals surface area contributed by atoms with Crippen LogP contribution in [0.15, 0.2) is 47.6 Å². The first kappa shape index (κ1) is 18.3. The number of nitrogens with zero attached hydrogens (tertiary/aromatic N) is 1. The van der Waals surface area contributed by atoms with Crippen LogP contribution in [0.1, 0.15) is 41.7 Å². The number of hydrogen-bond acceptors (Lipinski definition) is 5. The third-order valence-corrected chi connectivity index (χ3v) is 5.69. The fourth-order valence-corrected chi connectivity index (χ4v) is 4.01. The van der Waals surface area contributed by atoms with E-state index in [1.165, 1.54) is 19.2 Å². The molecule has 0 radical (unpaired) electrons. The van der Waals surface area contributed by atoms with Crippen LogP contribution in [-0.4, -0.2) is 32.5 Å². The maximum atomic E-state index is 12.6. The van der Waals surface area contributed by atoms with Gasteiger partial charge in [-0.25, -0.2) is 13.1 Å². The molecule has 1 heterocycles. The van der Waals surface area contributed by atoms with Gasteiger partial charge in [0.15, 0.2) is 0 Å². The van der Waals surface area contributed by atoms with E-state index in [0.717, 1.165) is 18.4 Å². The predicted molar refractivity (Wildman–Crippen MR) is 96.5 cm³/mol. The van der Waals surface area contributed by atoms with Gasteiger partial charge in [0.2, 0.25) is 10.0 Å². The zero-order chi connectivity index (χ0) is 18.7. The van der Waals surface area contributed by atoms with Crippen molar-refractivity contribution in [2.45, 2.75) is 36.7 Å². The molecule has 1 aliphatic carbocycles. The Kier molecular flexibility index (Phi) is 5.24. The summed E-state index contributed by atoms with van der Waals surface area (Å²) in [7, 11) is -2.34. The number of sulfonamides is 1. The number of ether oxygens (including phenoxy) is 1. The van der Waals surface area contributed by atoms with Crippen molar-refractivity contribution in [3.63, 3.8) is 0 Å². The Morgan fingerprint density at radius 3 is 2.69 bits per heavy atom. The van der Waals surface area contributed by atoms with Crippen molar-refractivity contribution in [2.24, 2.45) is 0 Å². The van der Waals surface area contributed by atoms with E-state index in [1.807, 2.05) is 13.0 Å². The lowest BCUT2D eigenvalue weighted by molar-refractivity contribution is 0.0939. The summed E-state index contributed by atoms with van der Waals surface area (Å²) in [6.45, 7) is 1.84. The molecule has 1 saturated carbocycles. The second-order valence-corrected chi connectivity index (χ2v) is 7.93. The lowest BCUT2D eigenvalue weighted by atomic mass is 10.1. The number of aromatic nitrogens is 1. The smallest absolute Gasteiger partial charge is 0.251 e. The highest BCUT2D eigenvalue weighted by molar-refractivity contribution is 7.89. The van der Waals surface area contributed by atoms with Crippen LogP contribution in [0.4, 0.5) is 0 Å². The number of rotatable bonds is 7. The quantitative estimate of drug-likeness (QED) is 0.772. The average molecular weight is 375 g/mol. The van der Waals surface area contributed by atoms with Crippen molar-refractivity contribution in [1.82, 2.24) is 15.0 Å². The molecule has 2 aromatic rings. The number of pyridine rings is 1. The van der Waals surface area contributed by atoms with Crippen LogP contribution >= 0.6 is 0 Å². The Morgan fingerprint density at radius 1 is 1.31 bits per heavy atom. The molecule has 1 aromatic heterocycles. The van der Waals surface area contributed by atoms with Gasteiger partial charge in [-0.05, 0) is 49.6 Å². The van der Waals surface area contributed by atoms with Crippen LogP contribution in [0.5, 0.6) is 5.75 Å². The molecule has 1 aromatic carbocycles. The SMILES string of the molecule is COc1ccc(C(=O)N[C@H](C)c2cccnc2)cc1S(=O)(=O)NC1CC1. The van der Waals surface area contributed by atoms with Crippen molar-refractivity contribution in [3.05, 3.63) is 53.9 Å². The van der Waals surface area contributed by atoms with Crippen LogP contribution in [0.3, 0.4) is 0 Å². The van der Waals surface area contributed by atoms with Crippen LogP contribution < -0.4 is 14.8 Å². The van der Waals surface area contributed by atoms with Gasteiger partial charge < -0.3 is 10.1 Å². The zero-order valence-corrected chi connectivity index (χ0v) is 15.4. The minimum Gasteiger partial charge on any atom is -0.495 e. The fourth-order valence-electron chi connectivity index (χ4n) is 2.51. The van der Waals surface area contributed by atoms with Crippen LogP contribution in [0, 0.1) is 0 Å². The van der Waals surface area contributed by atoms with E-state index in [2.05, 4.69) is 15.0 Å². The maximum Gasteiger partial charge on any atom is 0.251 e. The van der Waals surface area contributed by atoms with E-state index in [4.69, 9.17) is 4.74 Å². The topological polar surface area (TPSA) is 97.4 Å². The molecule has 0 saturated heterocycles. The minimum absolute atomic E-state index is 0.0337. The van der Waals surface area contributed by atoms with Gasteiger partial charge in [0, 0.05) is 24.0 Å². The van der Waals surface area contributed by atoms with E-state index < -0.39 is 10.0 Å². The van der Waals surface area contributed by atoms with Crippen molar-refractivity contribution in [3.8, 4) is 5.75 Å². The first-order valence-electron chi connectivity index (χ1n) is 8.32. The average Bonchev–Trinajstić information content (AvgIpc) is 3.45. The predicted octanol–water partition coefficient (Wildman–Crippen LogP) is 2.02. The fraction of sp³-hybridized carbons (Fsp3) is 0.333. The third-order valence-electron chi connectivity index (χ3n) is 4.15. The highest BCUT2D eigenvalue weighted by Crippen LogP contribution is 2.28. The number of carbonyl (C=O) groups excluding carboxylic acids is 1. The molecule has 3 rings (SSSR count). The molecule has 1 fully saturated rings. The van der Waals surface area contributed by atoms with Gasteiger partial charge >= 0.3 is 0 Å². The van der Waals surface area contributed by atoms with Crippen LogP contribution in [0.25, 0.3) is 0 Å². The number of hydrogen-bond donors (Lipinski definition) is 2. The number of amides is 1. The number of methoxy groups -OCH3 is 1. The third kappa shape index (κ3) is 4.20. The van der Waals surface area contributed by atoms with Gasteiger partial charge in [0.25, 0.3) is 5.91 Å². The second kappa shape index (κ2) is 7.43. The van der Waals surface area contributed by atoms with Gasteiger partial charge in [0.1, 0.15) is 10.6 Å². The van der Waals surface area contributed by atoms with Gasteiger partial charge in [-0.1, -0.05) is 6.07 Å². The summed E-state index contributed by atoms with van der Waals surface area (Å²) in [5, 5.41) is 2.85. The molecule has 0 aliphatic heterocycles. The highest BCUT2D eigenvalue weighted by Gasteiger charge is 2.30. The first-order valence-corrected chi connectivity index (χ1v) is 9.80. The number of benzene rings is 1. The van der Waals surface area contributed by atoms with Crippen molar-refractivity contribution in [2.75, 3.05) is 7.11 Å². The highest BCUT2D eigenvalue weighted by atomic mass is 32.2. The molecule has 1 amide bonds. The van der Waals surface area contributed by atoms with Gasteiger partial charge in [-0.3, -0.25) is 9.78 Å². The van der Waals surface area contributed by atoms with Gasteiger partial charge in [-0.15, -0.1) is 0 Å². The summed E-state index contributed by atoms with van der Waals surface area (Å²) >= 11 is 0. The summed E-state index contributed by atoms with van der Waals surface area (Å²) in [5.74, 6) is -0.165. The molecule has 0 spiro atoms. The molecule has 0 bridgehead atoms. The molecule has 1 aliphatic rings. The summed E-state index contributed by atoms with van der Waals surface area (Å²) in [5.41, 5.74) is 1.11. The summed E-state index contributed by atoms with van der Waals surface area (Å²) < 4.78 is 32.9. The zero-order valence-electron chi connectivity index (χ0n) is 14.6. The Labute approximate surface area is 152 Å². The summed E-state index contributed by atoms with van der Waals surface area (Å²) in [6.07, 6.45) is 4.98. The number of nitrogens with one attached hydrogen (secondary N) is 2. The molecule has 2 N–H and O–H groups in total. The van der Waals surface area contributed by atoms with E-state index in [1.54, 1.807) is 24.5 Å². The van der Waals surface area contributed by atoms with Crippen LogP contribution in [-0.2, 0) is 10.0 Å². The Hall–Kier alpha value is -2.45. The standard InChI is InChI=1S/C18H21N3O4S/c1-12(14-4-3-9-19-11-14)20-18(22)13-5-8-16(25-2)17(10-13)26(23,24)21-15-6-7-15/h3-5,8-12,15,21H,6-7H2,1-2H3,(H,20,22)/t12-/m1/s1. The Balaban J connectivity index is 1.83. The Morgan fingerprint density at radius 2 is 2.08 bits per heavy atom. The molecular formula is C18H21N3O4S. The van der Waals surface area contributed by atoms with E-state index in [-0.39, 0.29) is 34.2 Å². The van der Waals surface area contributed by atoms with Crippen molar-refractivity contribution < 1.29 is 17.9 Å². The molecule has 0 unspecified atom stereocenters. The van der Waals surface area contributed by atoms with Crippen molar-refractivity contribution >= 4 is 15.9 Å². The molecule has 138 valence electrons. The summed E-state index contributed by atoms with van der Waals surface area (Å²) in [6, 6.07) is 7.73. The van der Waals surface area contributed by atoms with E-state index >= 15 is 0 Å². The maximum absolute atomic E-state index is 12.6. The molecular weight excluding hydrogens is 354 g/mol. The lowest BCUT2D eigenvalue weighted by Gasteiger charge is -2.15. The van der Waals surface area contributed by atoms with Crippen molar-refractivity contribution in [1.29, 1.82) is 0 Å². The van der Waals surface area contributed by atoms with E-state index in [0.29, 0.717) is 0 Å². The molecule has 7 nitrogen and oxygen atoms in total. The Bertz CT molecular complexity index is 896. The van der Waals surface area contributed by atoms with Gasteiger partial charge in [-0.2, -0.15) is 0 Å². The normalized spacial score (nSPS) is 15.3. The lowest BCUT2D eigenvalue weighted by Crippen LogP contribution is -2.28. The van der Waals surface area contributed by atoms with Crippen LogP contribution in [0.2, 0.25) is 0 Å². The molecule has 8 heteroatoms. The molecule has 1 atom stereocenters. The largest absolute Gasteiger partial charge is 0.495 e. The monoisotopic (exact) mass is 375 g/mol.